The molecule has 0 spiro atoms. The Bertz CT molecular complexity index is 736. The smallest absolute Gasteiger partial charge is 0.331 e. The van der Waals surface area contributed by atoms with Crippen LogP contribution in [0.2, 0.25) is 0 Å². The minimum Gasteiger partial charge on any atom is -0.464 e. The second-order valence-electron chi connectivity index (χ2n) is 9.50. The fraction of sp³-hybridized carbons (Fsp3) is 0.792. The lowest BCUT2D eigenvalue weighted by Gasteiger charge is -2.28. The van der Waals surface area contributed by atoms with Gasteiger partial charge < -0.3 is 31.7 Å². The number of unbranched alkanes of at least 4 members (excludes halogenated alkanes) is 1. The molecule has 0 heterocycles. The van der Waals surface area contributed by atoms with Gasteiger partial charge in [0.05, 0.1) is 13.2 Å². The molecule has 200 valence electrons. The van der Waals surface area contributed by atoms with Gasteiger partial charge in [-0.25, -0.2) is 4.79 Å². The molecule has 4 amide bonds. The van der Waals surface area contributed by atoms with Crippen molar-refractivity contribution >= 4 is 29.6 Å². The largest absolute Gasteiger partial charge is 0.464 e. The van der Waals surface area contributed by atoms with E-state index in [1.54, 1.807) is 6.92 Å². The van der Waals surface area contributed by atoms with Gasteiger partial charge in [0, 0.05) is 6.92 Å². The topological polar surface area (TPSA) is 169 Å². The third kappa shape index (κ3) is 10.6. The van der Waals surface area contributed by atoms with Gasteiger partial charge in [0.25, 0.3) is 0 Å². The number of rotatable bonds is 15. The first kappa shape index (κ1) is 30.3. The molecule has 1 aliphatic rings. The molecule has 1 rings (SSSR count). The molecule has 0 saturated heterocycles. The van der Waals surface area contributed by atoms with Crippen molar-refractivity contribution in [3.63, 3.8) is 0 Å². The summed E-state index contributed by atoms with van der Waals surface area (Å²) in [6.07, 6.45) is 4.59. The van der Waals surface area contributed by atoms with Crippen molar-refractivity contribution < 1.29 is 28.7 Å². The highest BCUT2D eigenvalue weighted by atomic mass is 16.5. The maximum atomic E-state index is 12.9. The van der Waals surface area contributed by atoms with Gasteiger partial charge in [-0.15, -0.1) is 0 Å². The van der Waals surface area contributed by atoms with Crippen LogP contribution in [-0.4, -0.2) is 66.9 Å². The van der Waals surface area contributed by atoms with Crippen LogP contribution in [0.4, 0.5) is 0 Å². The Hall–Kier alpha value is -2.69. The molecule has 1 fully saturated rings. The molecule has 6 N–H and O–H groups in total. The lowest BCUT2D eigenvalue weighted by molar-refractivity contribution is -0.153. The first-order valence-corrected chi connectivity index (χ1v) is 12.6. The van der Waals surface area contributed by atoms with Crippen LogP contribution in [0.15, 0.2) is 0 Å². The monoisotopic (exact) mass is 497 g/mol. The van der Waals surface area contributed by atoms with Gasteiger partial charge in [-0.05, 0) is 57.9 Å². The minimum atomic E-state index is -1.06. The fourth-order valence-corrected chi connectivity index (χ4v) is 4.21. The summed E-state index contributed by atoms with van der Waals surface area (Å²) in [6.45, 7) is 7.22. The standard InChI is InChI=1S/C24H43N5O6/c1-5-35-23(34)24(11-7-8-12-24)29-20(31)15-26-21(32)18(10-6-9-13-25)28-22(33)19(14-16(2)3)27-17(4)30/h16,18-19H,5-15,25H2,1-4H3,(H,26,32)(H,27,30)(H,28,33)(H,29,31)/t18-,19-/m0/s1. The maximum absolute atomic E-state index is 12.9. The SMILES string of the molecule is CCOC(=O)C1(NC(=O)CNC(=O)[C@H](CCCCN)NC(=O)[C@H](CC(C)C)NC(C)=O)CCCC1. The highest BCUT2D eigenvalue weighted by molar-refractivity contribution is 5.94. The van der Waals surface area contributed by atoms with Crippen LogP contribution in [0.1, 0.15) is 79.1 Å². The summed E-state index contributed by atoms with van der Waals surface area (Å²) in [6, 6.07) is -1.66. The zero-order valence-corrected chi connectivity index (χ0v) is 21.5. The lowest BCUT2D eigenvalue weighted by Crippen LogP contribution is -2.57. The predicted octanol–water partition coefficient (Wildman–Crippen LogP) is 0.259. The zero-order valence-electron chi connectivity index (χ0n) is 21.5. The number of hydrogen-bond acceptors (Lipinski definition) is 7. The van der Waals surface area contributed by atoms with Crippen LogP contribution in [0.25, 0.3) is 0 Å². The number of carbonyl (C=O) groups excluding carboxylic acids is 5. The molecular formula is C24H43N5O6. The Morgan fingerprint density at radius 2 is 1.63 bits per heavy atom. The van der Waals surface area contributed by atoms with Crippen LogP contribution in [0.5, 0.6) is 0 Å². The Kier molecular flexibility index (Phi) is 13.3. The number of amides is 4. The summed E-state index contributed by atoms with van der Waals surface area (Å²) in [7, 11) is 0. The van der Waals surface area contributed by atoms with Crippen molar-refractivity contribution in [2.24, 2.45) is 11.7 Å². The van der Waals surface area contributed by atoms with E-state index in [4.69, 9.17) is 10.5 Å². The van der Waals surface area contributed by atoms with Gasteiger partial charge in [0.1, 0.15) is 17.6 Å². The van der Waals surface area contributed by atoms with E-state index in [1.807, 2.05) is 13.8 Å². The van der Waals surface area contributed by atoms with Crippen molar-refractivity contribution in [2.75, 3.05) is 19.7 Å². The first-order valence-electron chi connectivity index (χ1n) is 12.6. The molecule has 11 heteroatoms. The summed E-state index contributed by atoms with van der Waals surface area (Å²) in [5.41, 5.74) is 4.50. The summed E-state index contributed by atoms with van der Waals surface area (Å²) >= 11 is 0. The first-order chi connectivity index (χ1) is 16.5. The van der Waals surface area contributed by atoms with Crippen LogP contribution in [0, 0.1) is 5.92 Å². The Morgan fingerprint density at radius 3 is 2.17 bits per heavy atom. The molecule has 2 atom stereocenters. The van der Waals surface area contributed by atoms with Crippen molar-refractivity contribution in [3.8, 4) is 0 Å². The van der Waals surface area contributed by atoms with Gasteiger partial charge in [-0.3, -0.25) is 19.2 Å². The second kappa shape index (κ2) is 15.3. The molecule has 1 aliphatic carbocycles. The molecule has 0 aromatic carbocycles. The minimum absolute atomic E-state index is 0.146. The number of nitrogens with two attached hydrogens (primary N) is 1. The second-order valence-corrected chi connectivity index (χ2v) is 9.50. The average molecular weight is 498 g/mol. The van der Waals surface area contributed by atoms with E-state index in [0.29, 0.717) is 45.1 Å². The fourth-order valence-electron chi connectivity index (χ4n) is 4.21. The van der Waals surface area contributed by atoms with Crippen LogP contribution < -0.4 is 27.0 Å². The van der Waals surface area contributed by atoms with Gasteiger partial charge >= 0.3 is 5.97 Å². The zero-order chi connectivity index (χ0) is 26.4. The van der Waals surface area contributed by atoms with Crippen molar-refractivity contribution in [2.45, 2.75) is 96.7 Å². The van der Waals surface area contributed by atoms with Crippen molar-refractivity contribution in [1.82, 2.24) is 21.3 Å². The highest BCUT2D eigenvalue weighted by Gasteiger charge is 2.43. The molecule has 11 nitrogen and oxygen atoms in total. The molecule has 0 bridgehead atoms. The maximum Gasteiger partial charge on any atom is 0.331 e. The van der Waals surface area contributed by atoms with Crippen molar-refractivity contribution in [1.29, 1.82) is 0 Å². The molecule has 1 saturated carbocycles. The summed E-state index contributed by atoms with van der Waals surface area (Å²) in [4.78, 5) is 62.3. The van der Waals surface area contributed by atoms with Crippen LogP contribution in [-0.2, 0) is 28.7 Å². The Morgan fingerprint density at radius 1 is 0.971 bits per heavy atom. The van der Waals surface area contributed by atoms with E-state index in [0.717, 1.165) is 12.8 Å². The highest BCUT2D eigenvalue weighted by Crippen LogP contribution is 2.30. The Labute approximate surface area is 208 Å². The quantitative estimate of drug-likeness (QED) is 0.160. The van der Waals surface area contributed by atoms with Gasteiger partial charge in [0.2, 0.25) is 23.6 Å². The number of nitrogens with one attached hydrogen (secondary N) is 4. The third-order valence-electron chi connectivity index (χ3n) is 5.91. The number of hydrogen-bond donors (Lipinski definition) is 5. The van der Waals surface area contributed by atoms with Crippen LogP contribution >= 0.6 is 0 Å². The lowest BCUT2D eigenvalue weighted by atomic mass is 9.97. The Balaban J connectivity index is 2.79. The van der Waals surface area contributed by atoms with E-state index < -0.39 is 41.3 Å². The summed E-state index contributed by atoms with van der Waals surface area (Å²) in [5, 5.41) is 10.6. The van der Waals surface area contributed by atoms with E-state index in [9.17, 15) is 24.0 Å². The van der Waals surface area contributed by atoms with Gasteiger partial charge in [-0.1, -0.05) is 26.7 Å². The summed E-state index contributed by atoms with van der Waals surface area (Å²) < 4.78 is 5.14. The number of carbonyl (C=O) groups is 5. The van der Waals surface area contributed by atoms with Crippen molar-refractivity contribution in [3.05, 3.63) is 0 Å². The van der Waals surface area contributed by atoms with E-state index >= 15 is 0 Å². The predicted molar refractivity (Wildman–Crippen MR) is 131 cm³/mol. The number of ether oxygens (including phenoxy) is 1. The van der Waals surface area contributed by atoms with Gasteiger partial charge in [0.15, 0.2) is 0 Å². The third-order valence-corrected chi connectivity index (χ3v) is 5.91. The molecule has 0 unspecified atom stereocenters. The number of esters is 1. The van der Waals surface area contributed by atoms with E-state index in [2.05, 4.69) is 21.3 Å². The molecule has 0 aromatic heterocycles. The molecule has 0 aliphatic heterocycles. The normalized spacial score (nSPS) is 16.2. The molecule has 0 aromatic rings. The van der Waals surface area contributed by atoms with E-state index in [-0.39, 0.29) is 25.0 Å². The van der Waals surface area contributed by atoms with Gasteiger partial charge in [-0.2, -0.15) is 0 Å². The van der Waals surface area contributed by atoms with E-state index in [1.165, 1.54) is 6.92 Å². The molecular weight excluding hydrogens is 454 g/mol. The molecule has 35 heavy (non-hydrogen) atoms. The van der Waals surface area contributed by atoms with Crippen LogP contribution in [0.3, 0.4) is 0 Å². The summed E-state index contributed by atoms with van der Waals surface area (Å²) in [5.74, 6) is -2.14. The molecule has 0 radical (unpaired) electrons. The average Bonchev–Trinajstić information content (AvgIpc) is 3.25.